The Morgan fingerprint density at radius 3 is 2.69 bits per heavy atom. The first kappa shape index (κ1) is 20.0. The molecule has 2 aromatic rings. The van der Waals surface area contributed by atoms with Gasteiger partial charge in [-0.05, 0) is 49.2 Å². The predicted octanol–water partition coefficient (Wildman–Crippen LogP) is 4.21. The number of thioether (sulfide) groups is 1. The van der Waals surface area contributed by atoms with Crippen LogP contribution in [0.25, 0.3) is 0 Å². The molecule has 0 atom stereocenters. The summed E-state index contributed by atoms with van der Waals surface area (Å²) in [6.07, 6.45) is 0. The molecule has 2 aromatic carbocycles. The van der Waals surface area contributed by atoms with Crippen molar-refractivity contribution in [2.75, 3.05) is 17.7 Å². The van der Waals surface area contributed by atoms with Crippen molar-refractivity contribution < 1.29 is 14.3 Å². The molecule has 0 spiro atoms. The lowest BCUT2D eigenvalue weighted by Gasteiger charge is -2.09. The number of nitrogens with one attached hydrogen (secondary N) is 1. The number of carbonyl (C=O) groups is 2. The topological polar surface area (TPSA) is 79.2 Å². The normalized spacial score (nSPS) is 10.1. The Bertz CT molecular complexity index is 878. The van der Waals surface area contributed by atoms with Crippen LogP contribution in [0.3, 0.4) is 0 Å². The summed E-state index contributed by atoms with van der Waals surface area (Å²) in [5.41, 5.74) is 2.89. The van der Waals surface area contributed by atoms with Gasteiger partial charge in [-0.3, -0.25) is 9.59 Å². The van der Waals surface area contributed by atoms with Gasteiger partial charge in [0.15, 0.2) is 6.61 Å². The van der Waals surface area contributed by atoms with Gasteiger partial charge in [-0.1, -0.05) is 28.1 Å². The SMILES string of the molecule is Cc1cc(SCC(=O)OCC(=O)Nc2ccccc2C#N)c(C)cc1Br. The van der Waals surface area contributed by atoms with Gasteiger partial charge in [-0.15, -0.1) is 11.8 Å². The summed E-state index contributed by atoms with van der Waals surface area (Å²) >= 11 is 4.84. The molecule has 0 aromatic heterocycles. The second-order valence-electron chi connectivity index (χ2n) is 5.52. The number of aryl methyl sites for hydroxylation is 2. The minimum Gasteiger partial charge on any atom is -0.455 e. The Morgan fingerprint density at radius 2 is 1.96 bits per heavy atom. The molecule has 0 saturated carbocycles. The largest absolute Gasteiger partial charge is 0.455 e. The molecule has 0 aliphatic heterocycles. The van der Waals surface area contributed by atoms with Gasteiger partial charge in [0.05, 0.1) is 17.0 Å². The van der Waals surface area contributed by atoms with Crippen LogP contribution in [0.5, 0.6) is 0 Å². The third kappa shape index (κ3) is 5.61. The van der Waals surface area contributed by atoms with Crippen molar-refractivity contribution in [3.8, 4) is 6.07 Å². The van der Waals surface area contributed by atoms with Crippen LogP contribution in [-0.4, -0.2) is 24.2 Å². The molecule has 0 saturated heterocycles. The van der Waals surface area contributed by atoms with Gasteiger partial charge in [0.1, 0.15) is 6.07 Å². The van der Waals surface area contributed by atoms with Gasteiger partial charge in [0.25, 0.3) is 5.91 Å². The highest BCUT2D eigenvalue weighted by molar-refractivity contribution is 9.10. The summed E-state index contributed by atoms with van der Waals surface area (Å²) in [6, 6.07) is 12.6. The highest BCUT2D eigenvalue weighted by atomic mass is 79.9. The Morgan fingerprint density at radius 1 is 1.23 bits per heavy atom. The van der Waals surface area contributed by atoms with Gasteiger partial charge in [0.2, 0.25) is 0 Å². The molecule has 0 aliphatic rings. The Kier molecular flexibility index (Phi) is 7.25. The molecule has 0 aliphatic carbocycles. The molecule has 0 fully saturated rings. The third-order valence-corrected chi connectivity index (χ3v) is 5.47. The number of halogens is 1. The number of nitrogens with zero attached hydrogens (tertiary/aromatic N) is 1. The van der Waals surface area contributed by atoms with Crippen LogP contribution in [0.1, 0.15) is 16.7 Å². The zero-order chi connectivity index (χ0) is 19.1. The first-order valence-electron chi connectivity index (χ1n) is 7.75. The fourth-order valence-corrected chi connectivity index (χ4v) is 3.47. The number of nitriles is 1. The van der Waals surface area contributed by atoms with Crippen molar-refractivity contribution in [1.29, 1.82) is 5.26 Å². The quantitative estimate of drug-likeness (QED) is 0.546. The maximum absolute atomic E-state index is 11.9. The molecule has 26 heavy (non-hydrogen) atoms. The predicted molar refractivity (Wildman–Crippen MR) is 105 cm³/mol. The number of rotatable bonds is 6. The van der Waals surface area contributed by atoms with E-state index in [0.29, 0.717) is 11.3 Å². The summed E-state index contributed by atoms with van der Waals surface area (Å²) in [6.45, 7) is 3.56. The van der Waals surface area contributed by atoms with E-state index in [4.69, 9.17) is 10.00 Å². The number of carbonyl (C=O) groups excluding carboxylic acids is 2. The van der Waals surface area contributed by atoms with Crippen molar-refractivity contribution in [3.05, 3.63) is 57.6 Å². The molecule has 0 radical (unpaired) electrons. The maximum Gasteiger partial charge on any atom is 0.316 e. The van der Waals surface area contributed by atoms with E-state index in [-0.39, 0.29) is 5.75 Å². The standard InChI is InChI=1S/C19H17BrN2O3S/c1-12-8-17(13(2)7-15(12)20)26-11-19(24)25-10-18(23)22-16-6-4-3-5-14(16)9-21/h3-8H,10-11H2,1-2H3,(H,22,23). The molecule has 1 N–H and O–H groups in total. The Balaban J connectivity index is 1.83. The summed E-state index contributed by atoms with van der Waals surface area (Å²) in [5.74, 6) is -0.843. The van der Waals surface area contributed by atoms with Crippen LogP contribution in [0.4, 0.5) is 5.69 Å². The van der Waals surface area contributed by atoms with Gasteiger partial charge in [-0.25, -0.2) is 0 Å². The molecule has 0 bridgehead atoms. The van der Waals surface area contributed by atoms with Crippen LogP contribution in [-0.2, 0) is 14.3 Å². The Hall–Kier alpha value is -2.30. The van der Waals surface area contributed by atoms with Crippen molar-refractivity contribution in [1.82, 2.24) is 0 Å². The molecule has 5 nitrogen and oxygen atoms in total. The van der Waals surface area contributed by atoms with Crippen LogP contribution in [0.15, 0.2) is 45.8 Å². The number of benzene rings is 2. The van der Waals surface area contributed by atoms with Gasteiger partial charge in [0, 0.05) is 9.37 Å². The van der Waals surface area contributed by atoms with Crippen LogP contribution in [0.2, 0.25) is 0 Å². The molecule has 2 rings (SSSR count). The zero-order valence-corrected chi connectivity index (χ0v) is 16.7. The lowest BCUT2D eigenvalue weighted by Crippen LogP contribution is -2.22. The molecular weight excluding hydrogens is 416 g/mol. The van der Waals surface area contributed by atoms with E-state index in [1.807, 2.05) is 32.0 Å². The Labute approximate surface area is 164 Å². The van der Waals surface area contributed by atoms with Crippen LogP contribution in [0, 0.1) is 25.2 Å². The van der Waals surface area contributed by atoms with Crippen LogP contribution < -0.4 is 5.32 Å². The number of hydrogen-bond acceptors (Lipinski definition) is 5. The minimum atomic E-state index is -0.485. The monoisotopic (exact) mass is 432 g/mol. The molecule has 0 heterocycles. The molecule has 7 heteroatoms. The molecule has 0 unspecified atom stereocenters. The van der Waals surface area contributed by atoms with Crippen molar-refractivity contribution >= 4 is 45.3 Å². The van der Waals surface area contributed by atoms with E-state index in [9.17, 15) is 9.59 Å². The zero-order valence-electron chi connectivity index (χ0n) is 14.3. The third-order valence-electron chi connectivity index (χ3n) is 3.49. The van der Waals surface area contributed by atoms with E-state index in [1.165, 1.54) is 11.8 Å². The van der Waals surface area contributed by atoms with Gasteiger partial charge >= 0.3 is 5.97 Å². The first-order chi connectivity index (χ1) is 12.4. The number of ether oxygens (including phenoxy) is 1. The lowest BCUT2D eigenvalue weighted by atomic mass is 10.2. The summed E-state index contributed by atoms with van der Waals surface area (Å²) in [5, 5.41) is 11.6. The second kappa shape index (κ2) is 9.41. The van der Waals surface area contributed by atoms with E-state index < -0.39 is 18.5 Å². The fourth-order valence-electron chi connectivity index (χ4n) is 2.11. The molecular formula is C19H17BrN2O3S. The van der Waals surface area contributed by atoms with Gasteiger partial charge in [-0.2, -0.15) is 5.26 Å². The van der Waals surface area contributed by atoms with Crippen molar-refractivity contribution in [3.63, 3.8) is 0 Å². The fraction of sp³-hybridized carbons (Fsp3) is 0.211. The summed E-state index contributed by atoms with van der Waals surface area (Å²) in [7, 11) is 0. The highest BCUT2D eigenvalue weighted by Crippen LogP contribution is 2.28. The van der Waals surface area contributed by atoms with Gasteiger partial charge < -0.3 is 10.1 Å². The first-order valence-corrected chi connectivity index (χ1v) is 9.52. The van der Waals surface area contributed by atoms with E-state index >= 15 is 0 Å². The molecule has 1 amide bonds. The summed E-state index contributed by atoms with van der Waals surface area (Å²) < 4.78 is 6.03. The number of para-hydroxylation sites is 1. The van der Waals surface area contributed by atoms with Crippen molar-refractivity contribution in [2.24, 2.45) is 0 Å². The number of amides is 1. The van der Waals surface area contributed by atoms with E-state index in [0.717, 1.165) is 20.5 Å². The van der Waals surface area contributed by atoms with Crippen molar-refractivity contribution in [2.45, 2.75) is 18.7 Å². The second-order valence-corrected chi connectivity index (χ2v) is 7.39. The average Bonchev–Trinajstić information content (AvgIpc) is 2.62. The average molecular weight is 433 g/mol. The van der Waals surface area contributed by atoms with E-state index in [1.54, 1.807) is 24.3 Å². The number of hydrogen-bond donors (Lipinski definition) is 1. The summed E-state index contributed by atoms with van der Waals surface area (Å²) in [4.78, 5) is 24.8. The maximum atomic E-state index is 11.9. The smallest absolute Gasteiger partial charge is 0.316 e. The highest BCUT2D eigenvalue weighted by Gasteiger charge is 2.11. The van der Waals surface area contributed by atoms with Crippen LogP contribution >= 0.6 is 27.7 Å². The lowest BCUT2D eigenvalue weighted by molar-refractivity contribution is -0.144. The molecule has 134 valence electrons. The van der Waals surface area contributed by atoms with E-state index in [2.05, 4.69) is 21.2 Å². The minimum absolute atomic E-state index is 0.115. The number of anilines is 1. The number of esters is 1.